The highest BCUT2D eigenvalue weighted by molar-refractivity contribution is 7.90. The van der Waals surface area contributed by atoms with Gasteiger partial charge in [0.2, 0.25) is 10.0 Å². The van der Waals surface area contributed by atoms with Crippen LogP contribution in [0.5, 0.6) is 0 Å². The Balaban J connectivity index is 1.94. The Morgan fingerprint density at radius 2 is 0.968 bits per heavy atom. The van der Waals surface area contributed by atoms with Crippen LogP contribution in [0.4, 0.5) is 0 Å². The smallest absolute Gasteiger partial charge is 0.241 e. The van der Waals surface area contributed by atoms with Crippen molar-refractivity contribution in [2.75, 3.05) is 0 Å². The molecule has 0 amide bonds. The van der Waals surface area contributed by atoms with Crippen LogP contribution in [-0.2, 0) is 14.6 Å². The first-order chi connectivity index (χ1) is 15.0. The first kappa shape index (κ1) is 21.3. The van der Waals surface area contributed by atoms with Gasteiger partial charge in [-0.25, -0.2) is 8.42 Å². The van der Waals surface area contributed by atoms with Crippen molar-refractivity contribution in [3.63, 3.8) is 0 Å². The molecule has 1 atom stereocenters. The average molecular weight is 447 g/mol. The van der Waals surface area contributed by atoms with Crippen LogP contribution >= 0.6 is 7.14 Å². The Labute approximate surface area is 183 Å². The standard InChI is InChI=1S/C25H22NO3PS/c27-30(22-15-7-2-8-16-22,23-17-9-3-10-18-23)25(21-13-5-1-6-14-21)26-31(28,29)24-19-11-4-12-20-24/h1-20,25-26H/t25-/m0/s1. The van der Waals surface area contributed by atoms with Gasteiger partial charge in [-0.05, 0) is 17.7 Å². The molecule has 0 fully saturated rings. The third kappa shape index (κ3) is 4.40. The molecule has 0 saturated carbocycles. The van der Waals surface area contributed by atoms with Crippen LogP contribution in [0.3, 0.4) is 0 Å². The molecule has 4 nitrogen and oxygen atoms in total. The molecule has 0 aliphatic rings. The summed E-state index contributed by atoms with van der Waals surface area (Å²) in [5.41, 5.74) is 0.637. The maximum Gasteiger partial charge on any atom is 0.241 e. The minimum absolute atomic E-state index is 0.128. The van der Waals surface area contributed by atoms with E-state index >= 15 is 0 Å². The fourth-order valence-electron chi connectivity index (χ4n) is 3.55. The Bertz CT molecular complexity index is 1240. The summed E-state index contributed by atoms with van der Waals surface area (Å²) in [6.07, 6.45) is 0. The van der Waals surface area contributed by atoms with E-state index in [1.165, 1.54) is 12.1 Å². The molecule has 0 aliphatic heterocycles. The molecule has 0 aromatic heterocycles. The zero-order valence-electron chi connectivity index (χ0n) is 16.7. The number of hydrogen-bond donors (Lipinski definition) is 1. The van der Waals surface area contributed by atoms with Gasteiger partial charge in [0.1, 0.15) is 5.78 Å². The molecule has 1 N–H and O–H groups in total. The third-order valence-electron chi connectivity index (χ3n) is 5.08. The van der Waals surface area contributed by atoms with Crippen LogP contribution < -0.4 is 15.3 Å². The fourth-order valence-corrected chi connectivity index (χ4v) is 8.36. The van der Waals surface area contributed by atoms with Gasteiger partial charge in [0.25, 0.3) is 0 Å². The number of hydrogen-bond acceptors (Lipinski definition) is 3. The molecule has 0 heterocycles. The molecule has 0 bridgehead atoms. The van der Waals surface area contributed by atoms with Gasteiger partial charge in [0.05, 0.1) is 4.90 Å². The third-order valence-corrected chi connectivity index (χ3v) is 9.98. The van der Waals surface area contributed by atoms with Gasteiger partial charge in [-0.3, -0.25) is 0 Å². The molecule has 0 saturated heterocycles. The molecule has 0 radical (unpaired) electrons. The Morgan fingerprint density at radius 3 is 1.42 bits per heavy atom. The van der Waals surface area contributed by atoms with Gasteiger partial charge in [-0.15, -0.1) is 0 Å². The van der Waals surface area contributed by atoms with Crippen LogP contribution in [0.1, 0.15) is 11.3 Å². The van der Waals surface area contributed by atoms with E-state index in [0.717, 1.165) is 0 Å². The van der Waals surface area contributed by atoms with E-state index in [1.807, 2.05) is 54.6 Å². The predicted octanol–water partition coefficient (Wildman–Crippen LogP) is 4.68. The summed E-state index contributed by atoms with van der Waals surface area (Å²) < 4.78 is 44.3. The second-order valence-electron chi connectivity index (χ2n) is 7.08. The maximum atomic E-state index is 14.9. The number of rotatable bonds is 7. The van der Waals surface area contributed by atoms with E-state index < -0.39 is 22.9 Å². The molecule has 31 heavy (non-hydrogen) atoms. The Kier molecular flexibility index (Phi) is 6.19. The van der Waals surface area contributed by atoms with Crippen molar-refractivity contribution in [1.29, 1.82) is 0 Å². The summed E-state index contributed by atoms with van der Waals surface area (Å²) >= 11 is 0. The second kappa shape index (κ2) is 9.03. The number of nitrogens with one attached hydrogen (secondary N) is 1. The summed E-state index contributed by atoms with van der Waals surface area (Å²) in [5, 5.41) is 1.18. The van der Waals surface area contributed by atoms with Gasteiger partial charge < -0.3 is 4.57 Å². The van der Waals surface area contributed by atoms with Crippen LogP contribution in [0.25, 0.3) is 0 Å². The summed E-state index contributed by atoms with van der Waals surface area (Å²) in [6, 6.07) is 35.4. The largest absolute Gasteiger partial charge is 0.312 e. The molecule has 0 aliphatic carbocycles. The molecule has 156 valence electrons. The molecule has 0 unspecified atom stereocenters. The molecule has 4 aromatic carbocycles. The predicted molar refractivity (Wildman–Crippen MR) is 126 cm³/mol. The summed E-state index contributed by atoms with van der Waals surface area (Å²) in [5.74, 6) is -0.969. The van der Waals surface area contributed by atoms with Crippen molar-refractivity contribution >= 4 is 27.8 Å². The highest BCUT2D eigenvalue weighted by Gasteiger charge is 2.40. The van der Waals surface area contributed by atoms with Gasteiger partial charge >= 0.3 is 0 Å². The lowest BCUT2D eigenvalue weighted by atomic mass is 10.2. The lowest BCUT2D eigenvalue weighted by Gasteiger charge is -2.30. The van der Waals surface area contributed by atoms with E-state index in [1.54, 1.807) is 54.6 Å². The summed E-state index contributed by atoms with van der Waals surface area (Å²) in [7, 11) is -7.39. The maximum absolute atomic E-state index is 14.9. The Morgan fingerprint density at radius 1 is 0.581 bits per heavy atom. The summed E-state index contributed by atoms with van der Waals surface area (Å²) in [4.78, 5) is 0.128. The molecule has 4 aromatic rings. The van der Waals surface area contributed by atoms with Crippen molar-refractivity contribution < 1.29 is 13.0 Å². The average Bonchev–Trinajstić information content (AvgIpc) is 2.84. The topological polar surface area (TPSA) is 63.2 Å². The van der Waals surface area contributed by atoms with Crippen LogP contribution in [0.2, 0.25) is 0 Å². The molecular weight excluding hydrogens is 425 g/mol. The van der Waals surface area contributed by atoms with E-state index in [2.05, 4.69) is 4.72 Å². The highest BCUT2D eigenvalue weighted by Crippen LogP contribution is 2.56. The van der Waals surface area contributed by atoms with Crippen molar-refractivity contribution in [2.45, 2.75) is 10.7 Å². The zero-order chi connectivity index (χ0) is 21.7. The zero-order valence-corrected chi connectivity index (χ0v) is 18.4. The van der Waals surface area contributed by atoms with Crippen LogP contribution in [0, 0.1) is 0 Å². The van der Waals surface area contributed by atoms with Crippen molar-refractivity contribution in [2.24, 2.45) is 0 Å². The highest BCUT2D eigenvalue weighted by atomic mass is 32.2. The van der Waals surface area contributed by atoms with Crippen molar-refractivity contribution in [1.82, 2.24) is 4.72 Å². The SMILES string of the molecule is O=P(c1ccccc1)(c1ccccc1)[C@H](NS(=O)(=O)c1ccccc1)c1ccccc1. The minimum Gasteiger partial charge on any atom is -0.312 e. The van der Waals surface area contributed by atoms with Crippen LogP contribution in [0.15, 0.2) is 126 Å². The van der Waals surface area contributed by atoms with E-state index in [-0.39, 0.29) is 4.90 Å². The minimum atomic E-state index is -3.93. The lowest BCUT2D eigenvalue weighted by Crippen LogP contribution is -2.34. The number of benzene rings is 4. The monoisotopic (exact) mass is 447 g/mol. The Hall–Kier alpha value is -2.98. The first-order valence-electron chi connectivity index (χ1n) is 9.85. The van der Waals surface area contributed by atoms with E-state index in [0.29, 0.717) is 16.2 Å². The fraction of sp³-hybridized carbons (Fsp3) is 0.0400. The number of sulfonamides is 1. The normalized spacial score (nSPS) is 12.9. The van der Waals surface area contributed by atoms with E-state index in [9.17, 15) is 13.0 Å². The van der Waals surface area contributed by atoms with Gasteiger partial charge in [0.15, 0.2) is 7.14 Å². The van der Waals surface area contributed by atoms with Crippen molar-refractivity contribution in [3.05, 3.63) is 127 Å². The molecule has 6 heteroatoms. The first-order valence-corrected chi connectivity index (χ1v) is 13.1. The van der Waals surface area contributed by atoms with Gasteiger partial charge in [0, 0.05) is 10.6 Å². The quantitative estimate of drug-likeness (QED) is 0.419. The molecule has 0 spiro atoms. The van der Waals surface area contributed by atoms with Gasteiger partial charge in [-0.2, -0.15) is 4.72 Å². The summed E-state index contributed by atoms with van der Waals surface area (Å²) in [6.45, 7) is 0. The van der Waals surface area contributed by atoms with E-state index in [4.69, 9.17) is 0 Å². The second-order valence-corrected chi connectivity index (χ2v) is 11.7. The molecule has 4 rings (SSSR count). The van der Waals surface area contributed by atoms with Crippen molar-refractivity contribution in [3.8, 4) is 0 Å². The van der Waals surface area contributed by atoms with Crippen LogP contribution in [-0.4, -0.2) is 8.42 Å². The van der Waals surface area contributed by atoms with Gasteiger partial charge in [-0.1, -0.05) is 109 Å². The molecular formula is C25H22NO3PS. The lowest BCUT2D eigenvalue weighted by molar-refractivity contribution is 0.560.